The molecule has 0 aromatic carbocycles. The van der Waals surface area contributed by atoms with Crippen LogP contribution in [-0.2, 0) is 12.7 Å². The predicted molar refractivity (Wildman–Crippen MR) is 87.9 cm³/mol. The van der Waals surface area contributed by atoms with Gasteiger partial charge in [0.15, 0.2) is 0 Å². The molecule has 2 aromatic heterocycles. The summed E-state index contributed by atoms with van der Waals surface area (Å²) in [6, 6.07) is 4.87. The molecular weight excluding hydrogens is 331 g/mol. The van der Waals surface area contributed by atoms with Gasteiger partial charge in [-0.1, -0.05) is 6.07 Å². The minimum absolute atomic E-state index is 0.0224. The number of likely N-dealkylation sites (tertiary alicyclic amines) is 1. The molecule has 25 heavy (non-hydrogen) atoms. The lowest BCUT2D eigenvalue weighted by Crippen LogP contribution is -2.42. The average molecular weight is 351 g/mol. The van der Waals surface area contributed by atoms with E-state index < -0.39 is 11.9 Å². The van der Waals surface area contributed by atoms with Crippen LogP contribution in [0.1, 0.15) is 29.8 Å². The van der Waals surface area contributed by atoms with Crippen molar-refractivity contribution < 1.29 is 13.2 Å². The van der Waals surface area contributed by atoms with Crippen molar-refractivity contribution in [2.45, 2.75) is 38.5 Å². The van der Waals surface area contributed by atoms with Crippen LogP contribution in [0.3, 0.4) is 0 Å². The van der Waals surface area contributed by atoms with E-state index in [4.69, 9.17) is 0 Å². The van der Waals surface area contributed by atoms with Crippen LogP contribution in [0.4, 0.5) is 19.1 Å². The summed E-state index contributed by atoms with van der Waals surface area (Å²) < 4.78 is 38.3. The molecule has 134 valence electrons. The van der Waals surface area contributed by atoms with Gasteiger partial charge in [0.05, 0.1) is 0 Å². The zero-order chi connectivity index (χ0) is 17.9. The van der Waals surface area contributed by atoms with E-state index in [1.807, 2.05) is 13.0 Å². The van der Waals surface area contributed by atoms with Crippen LogP contribution in [0.15, 0.2) is 30.6 Å². The number of hydrogen-bond donors (Lipinski definition) is 1. The van der Waals surface area contributed by atoms with E-state index in [2.05, 4.69) is 31.2 Å². The van der Waals surface area contributed by atoms with Crippen molar-refractivity contribution in [1.82, 2.24) is 19.9 Å². The molecule has 2 aromatic rings. The zero-order valence-electron chi connectivity index (χ0n) is 13.9. The average Bonchev–Trinajstić information content (AvgIpc) is 2.57. The van der Waals surface area contributed by atoms with Gasteiger partial charge >= 0.3 is 6.18 Å². The van der Waals surface area contributed by atoms with Crippen molar-refractivity contribution in [1.29, 1.82) is 0 Å². The summed E-state index contributed by atoms with van der Waals surface area (Å²) in [7, 11) is 0. The van der Waals surface area contributed by atoms with E-state index in [-0.39, 0.29) is 12.0 Å². The minimum atomic E-state index is -4.46. The van der Waals surface area contributed by atoms with E-state index in [0.717, 1.165) is 50.4 Å². The van der Waals surface area contributed by atoms with Gasteiger partial charge in [0.25, 0.3) is 0 Å². The normalized spacial score (nSPS) is 19.0. The maximum Gasteiger partial charge on any atom is 0.433 e. The number of hydrogen-bond acceptors (Lipinski definition) is 5. The van der Waals surface area contributed by atoms with Crippen LogP contribution < -0.4 is 5.32 Å². The van der Waals surface area contributed by atoms with Gasteiger partial charge in [0.2, 0.25) is 5.95 Å². The third-order valence-electron chi connectivity index (χ3n) is 4.30. The molecular formula is C17H20F3N5. The van der Waals surface area contributed by atoms with E-state index in [1.165, 1.54) is 5.56 Å². The maximum absolute atomic E-state index is 12.8. The summed E-state index contributed by atoms with van der Waals surface area (Å²) >= 11 is 0. The molecule has 0 aliphatic carbocycles. The molecule has 1 saturated heterocycles. The van der Waals surface area contributed by atoms with Gasteiger partial charge in [0.1, 0.15) is 5.69 Å². The first-order chi connectivity index (χ1) is 11.9. The van der Waals surface area contributed by atoms with Gasteiger partial charge in [-0.15, -0.1) is 0 Å². The van der Waals surface area contributed by atoms with Crippen LogP contribution in [0.5, 0.6) is 0 Å². The quantitative estimate of drug-likeness (QED) is 0.916. The Morgan fingerprint density at radius 3 is 2.84 bits per heavy atom. The van der Waals surface area contributed by atoms with Crippen LogP contribution in [-0.4, -0.2) is 39.0 Å². The number of aromatic nitrogens is 3. The number of piperidine rings is 1. The third kappa shape index (κ3) is 4.66. The summed E-state index contributed by atoms with van der Waals surface area (Å²) in [5.74, 6) is 0.0271. The Balaban J connectivity index is 1.63. The summed E-state index contributed by atoms with van der Waals surface area (Å²) in [5.41, 5.74) is 1.24. The Labute approximate surface area is 144 Å². The van der Waals surface area contributed by atoms with E-state index >= 15 is 0 Å². The van der Waals surface area contributed by atoms with E-state index in [1.54, 1.807) is 6.20 Å². The lowest BCUT2D eigenvalue weighted by Gasteiger charge is -2.33. The minimum Gasteiger partial charge on any atom is -0.350 e. The second kappa shape index (κ2) is 7.35. The van der Waals surface area contributed by atoms with E-state index in [9.17, 15) is 13.2 Å². The molecule has 1 N–H and O–H groups in total. The second-order valence-electron chi connectivity index (χ2n) is 6.23. The molecule has 1 fully saturated rings. The van der Waals surface area contributed by atoms with Gasteiger partial charge in [0, 0.05) is 37.2 Å². The summed E-state index contributed by atoms with van der Waals surface area (Å²) in [4.78, 5) is 14.1. The smallest absolute Gasteiger partial charge is 0.350 e. The topological polar surface area (TPSA) is 53.9 Å². The Morgan fingerprint density at radius 2 is 2.08 bits per heavy atom. The Morgan fingerprint density at radius 1 is 1.24 bits per heavy atom. The SMILES string of the molecule is Cc1ncccc1CN1CCCC(Nc2nccc(C(F)(F)F)n2)C1. The number of pyridine rings is 1. The predicted octanol–water partition coefficient (Wildman–Crippen LogP) is 3.28. The molecule has 5 nitrogen and oxygen atoms in total. The highest BCUT2D eigenvalue weighted by Crippen LogP contribution is 2.28. The van der Waals surface area contributed by atoms with Crippen molar-refractivity contribution in [3.63, 3.8) is 0 Å². The summed E-state index contributed by atoms with van der Waals surface area (Å²) in [6.07, 6.45) is 0.288. The number of rotatable bonds is 4. The number of nitrogens with zero attached hydrogens (tertiary/aromatic N) is 4. The second-order valence-corrected chi connectivity index (χ2v) is 6.23. The molecule has 3 heterocycles. The third-order valence-corrected chi connectivity index (χ3v) is 4.30. The van der Waals surface area contributed by atoms with Crippen LogP contribution in [0.2, 0.25) is 0 Å². The van der Waals surface area contributed by atoms with Crippen LogP contribution in [0.25, 0.3) is 0 Å². The highest BCUT2D eigenvalue weighted by molar-refractivity contribution is 5.28. The first-order valence-corrected chi connectivity index (χ1v) is 8.21. The Bertz CT molecular complexity index is 719. The van der Waals surface area contributed by atoms with Gasteiger partial charge < -0.3 is 5.32 Å². The van der Waals surface area contributed by atoms with Gasteiger partial charge in [-0.2, -0.15) is 13.2 Å². The van der Waals surface area contributed by atoms with Crippen LogP contribution in [0, 0.1) is 6.92 Å². The number of alkyl halides is 3. The van der Waals surface area contributed by atoms with Crippen molar-refractivity contribution in [2.75, 3.05) is 18.4 Å². The van der Waals surface area contributed by atoms with Gasteiger partial charge in [-0.3, -0.25) is 9.88 Å². The fraction of sp³-hybridized carbons (Fsp3) is 0.471. The molecule has 8 heteroatoms. The Hall–Kier alpha value is -2.22. The van der Waals surface area contributed by atoms with Gasteiger partial charge in [-0.05, 0) is 44.0 Å². The number of anilines is 1. The molecule has 1 aliphatic heterocycles. The standard InChI is InChI=1S/C17H20F3N5/c1-12-13(4-2-7-21-12)10-25-9-3-5-14(11-25)23-16-22-8-6-15(24-16)17(18,19)20/h2,4,6-8,14H,3,5,9-11H2,1H3,(H,22,23,24). The van der Waals surface area contributed by atoms with Crippen molar-refractivity contribution in [3.05, 3.63) is 47.5 Å². The van der Waals surface area contributed by atoms with Gasteiger partial charge in [-0.25, -0.2) is 9.97 Å². The fourth-order valence-electron chi connectivity index (χ4n) is 3.01. The molecule has 0 amide bonds. The molecule has 1 aliphatic rings. The molecule has 1 unspecified atom stereocenters. The zero-order valence-corrected chi connectivity index (χ0v) is 13.9. The van der Waals surface area contributed by atoms with Crippen LogP contribution >= 0.6 is 0 Å². The summed E-state index contributed by atoms with van der Waals surface area (Å²) in [5, 5.41) is 3.04. The number of nitrogens with one attached hydrogen (secondary N) is 1. The molecule has 0 spiro atoms. The lowest BCUT2D eigenvalue weighted by atomic mass is 10.0. The molecule has 0 bridgehead atoms. The van der Waals surface area contributed by atoms with Crippen molar-refractivity contribution >= 4 is 5.95 Å². The molecule has 0 saturated carbocycles. The number of halogens is 3. The highest BCUT2D eigenvalue weighted by Gasteiger charge is 2.33. The monoisotopic (exact) mass is 351 g/mol. The highest BCUT2D eigenvalue weighted by atomic mass is 19.4. The molecule has 3 rings (SSSR count). The fourth-order valence-corrected chi connectivity index (χ4v) is 3.01. The number of aryl methyl sites for hydroxylation is 1. The first-order valence-electron chi connectivity index (χ1n) is 8.21. The first kappa shape index (κ1) is 17.6. The van der Waals surface area contributed by atoms with Crippen molar-refractivity contribution in [2.24, 2.45) is 0 Å². The maximum atomic E-state index is 12.8. The Kier molecular flexibility index (Phi) is 5.17. The van der Waals surface area contributed by atoms with Crippen molar-refractivity contribution in [3.8, 4) is 0 Å². The lowest BCUT2D eigenvalue weighted by molar-refractivity contribution is -0.141. The largest absolute Gasteiger partial charge is 0.433 e. The molecule has 0 radical (unpaired) electrons. The summed E-state index contributed by atoms with van der Waals surface area (Å²) in [6.45, 7) is 4.44. The molecule has 1 atom stereocenters. The van der Waals surface area contributed by atoms with E-state index in [0.29, 0.717) is 0 Å².